The van der Waals surface area contributed by atoms with Crippen LogP contribution < -0.4 is 20.7 Å². The molecule has 304 valence electrons. The third kappa shape index (κ3) is 10.3. The van der Waals surface area contributed by atoms with Gasteiger partial charge in [0.25, 0.3) is 10.0 Å². The first kappa shape index (κ1) is 42.5. The zero-order chi connectivity index (χ0) is 43.2. The van der Waals surface area contributed by atoms with Crippen LogP contribution in [0.15, 0.2) is 170 Å². The maximum Gasteiger partial charge on any atom is 0.344 e. The zero-order valence-electron chi connectivity index (χ0n) is 33.6. The molecule has 11 heteroatoms. The van der Waals surface area contributed by atoms with Crippen LogP contribution in [0.1, 0.15) is 49.4 Å². The number of nitrogens with one attached hydrogen (secondary N) is 1. The van der Waals surface area contributed by atoms with Crippen molar-refractivity contribution >= 4 is 55.0 Å². The van der Waals surface area contributed by atoms with Gasteiger partial charge in [-0.25, -0.2) is 22.8 Å². The maximum atomic E-state index is 13.0. The van der Waals surface area contributed by atoms with Crippen LogP contribution in [0.4, 0.5) is 5.69 Å². The maximum absolute atomic E-state index is 13.0. The molecule has 0 spiro atoms. The summed E-state index contributed by atoms with van der Waals surface area (Å²) in [6.45, 7) is 15.3. The topological polar surface area (TPSA) is 150 Å². The van der Waals surface area contributed by atoms with Crippen LogP contribution in [0.3, 0.4) is 0 Å². The molecule has 60 heavy (non-hydrogen) atoms. The van der Waals surface area contributed by atoms with Crippen molar-refractivity contribution in [3.8, 4) is 16.9 Å². The lowest BCUT2D eigenvalue weighted by Gasteiger charge is -2.25. The molecular formula is C49H43NO9S. The van der Waals surface area contributed by atoms with Gasteiger partial charge in [-0.1, -0.05) is 99.3 Å². The van der Waals surface area contributed by atoms with Gasteiger partial charge in [0.15, 0.2) is 0 Å². The lowest BCUT2D eigenvalue weighted by atomic mass is 9.78. The second kappa shape index (κ2) is 17.8. The van der Waals surface area contributed by atoms with Crippen LogP contribution in [0, 0.1) is 6.92 Å². The monoisotopic (exact) mass is 821 g/mol. The lowest BCUT2D eigenvalue weighted by molar-refractivity contribution is -0.129. The van der Waals surface area contributed by atoms with Gasteiger partial charge in [-0.05, 0) is 89.5 Å². The molecule has 0 aliphatic carbocycles. The number of carbonyl (C=O) groups is 2. The lowest BCUT2D eigenvalue weighted by Crippen LogP contribution is -2.23. The van der Waals surface area contributed by atoms with Gasteiger partial charge in [-0.2, -0.15) is 0 Å². The molecule has 0 aliphatic rings. The Morgan fingerprint density at radius 3 is 2.25 bits per heavy atom. The van der Waals surface area contributed by atoms with Crippen LogP contribution in [0.5, 0.6) is 5.75 Å². The molecule has 7 aromatic rings. The van der Waals surface area contributed by atoms with Crippen molar-refractivity contribution in [1.82, 2.24) is 0 Å². The summed E-state index contributed by atoms with van der Waals surface area (Å²) in [6.07, 6.45) is 1.75. The molecular weight excluding hydrogens is 779 g/mol. The Morgan fingerprint density at radius 1 is 0.817 bits per heavy atom. The van der Waals surface area contributed by atoms with Crippen LogP contribution in [0.25, 0.3) is 38.6 Å². The first-order valence-corrected chi connectivity index (χ1v) is 20.4. The molecule has 0 amide bonds. The summed E-state index contributed by atoms with van der Waals surface area (Å²) in [6, 6.07) is 36.4. The highest BCUT2D eigenvalue weighted by Crippen LogP contribution is 2.31. The Bertz CT molecular complexity index is 3000. The summed E-state index contributed by atoms with van der Waals surface area (Å²) in [4.78, 5) is 48.3. The highest BCUT2D eigenvalue weighted by Gasteiger charge is 2.25. The first-order chi connectivity index (χ1) is 28.5. The molecule has 5 aromatic carbocycles. The van der Waals surface area contributed by atoms with Crippen LogP contribution in [-0.2, 0) is 31.4 Å². The van der Waals surface area contributed by atoms with Gasteiger partial charge in [-0.15, -0.1) is 0 Å². The Labute approximate surface area is 347 Å². The summed E-state index contributed by atoms with van der Waals surface area (Å²) in [7, 11) is -3.78. The first-order valence-electron chi connectivity index (χ1n) is 18.9. The van der Waals surface area contributed by atoms with E-state index in [0.717, 1.165) is 39.3 Å². The summed E-state index contributed by atoms with van der Waals surface area (Å²) in [5.74, 6) is -0.113. The number of benzene rings is 5. The van der Waals surface area contributed by atoms with Gasteiger partial charge < -0.3 is 13.6 Å². The number of hydrogen-bond acceptors (Lipinski definition) is 9. The number of Topliss-reactive ketones (excluding diaryl/α,β-unsaturated/α-hetero) is 1. The smallest absolute Gasteiger partial charge is 0.344 e. The SMILES string of the molecule is C=C(C)c1cccc(C(C)(C)CC(=O)Cc2ccc(-c3cc4ccc(NS(=O)(=O)c5ccccc5)cc4oc3=O)cc2)c1.C=CC(=O)Oc1ccc2c(C)cc(=O)oc2c1. The van der Waals surface area contributed by atoms with E-state index in [-0.39, 0.29) is 33.8 Å². The molecule has 0 aliphatic heterocycles. The molecule has 10 nitrogen and oxygen atoms in total. The highest BCUT2D eigenvalue weighted by molar-refractivity contribution is 7.92. The normalized spacial score (nSPS) is 11.3. The van der Waals surface area contributed by atoms with Gasteiger partial charge in [-0.3, -0.25) is 9.52 Å². The van der Waals surface area contributed by atoms with Crippen molar-refractivity contribution in [3.05, 3.63) is 190 Å². The number of ether oxygens (including phenoxy) is 1. The number of allylic oxidation sites excluding steroid dienone is 1. The Morgan fingerprint density at radius 2 is 1.55 bits per heavy atom. The zero-order valence-corrected chi connectivity index (χ0v) is 34.4. The molecule has 2 heterocycles. The fraction of sp³-hybridized carbons (Fsp3) is 0.143. The van der Waals surface area contributed by atoms with E-state index in [2.05, 4.69) is 37.8 Å². The Balaban J connectivity index is 0.000000296. The predicted octanol–water partition coefficient (Wildman–Crippen LogP) is 9.97. The number of carbonyl (C=O) groups excluding carboxylic acids is 2. The van der Waals surface area contributed by atoms with Crippen molar-refractivity contribution < 1.29 is 31.6 Å². The molecule has 2 aromatic heterocycles. The number of aryl methyl sites for hydroxylation is 1. The number of sulfonamides is 1. The highest BCUT2D eigenvalue weighted by atomic mass is 32.2. The predicted molar refractivity (Wildman–Crippen MR) is 236 cm³/mol. The number of rotatable bonds is 12. The molecule has 0 unspecified atom stereocenters. The number of anilines is 1. The van der Waals surface area contributed by atoms with Crippen molar-refractivity contribution in [2.75, 3.05) is 4.72 Å². The van der Waals surface area contributed by atoms with E-state index in [1.807, 2.05) is 56.3 Å². The Hall–Kier alpha value is -7.11. The number of fused-ring (bicyclic) bond motifs is 2. The summed E-state index contributed by atoms with van der Waals surface area (Å²) in [5, 5.41) is 1.46. The van der Waals surface area contributed by atoms with E-state index >= 15 is 0 Å². The summed E-state index contributed by atoms with van der Waals surface area (Å²) < 4.78 is 43.4. The molecule has 0 bridgehead atoms. The fourth-order valence-electron chi connectivity index (χ4n) is 6.61. The van der Waals surface area contributed by atoms with Gasteiger partial charge in [0.2, 0.25) is 0 Å². The fourth-order valence-corrected chi connectivity index (χ4v) is 7.68. The minimum absolute atomic E-state index is 0.127. The van der Waals surface area contributed by atoms with Gasteiger partial charge >= 0.3 is 17.2 Å². The van der Waals surface area contributed by atoms with Gasteiger partial charge in [0.1, 0.15) is 22.7 Å². The quantitative estimate of drug-likeness (QED) is 0.0550. The molecule has 0 atom stereocenters. The van der Waals surface area contributed by atoms with E-state index in [4.69, 9.17) is 13.6 Å². The van der Waals surface area contributed by atoms with E-state index in [9.17, 15) is 27.6 Å². The van der Waals surface area contributed by atoms with E-state index in [1.165, 1.54) is 30.3 Å². The molecule has 0 saturated carbocycles. The van der Waals surface area contributed by atoms with Crippen molar-refractivity contribution in [3.63, 3.8) is 0 Å². The minimum atomic E-state index is -3.78. The van der Waals surface area contributed by atoms with Crippen molar-refractivity contribution in [2.24, 2.45) is 0 Å². The van der Waals surface area contributed by atoms with E-state index < -0.39 is 27.2 Å². The number of hydrogen-bond donors (Lipinski definition) is 1. The van der Waals surface area contributed by atoms with E-state index in [0.29, 0.717) is 34.3 Å². The van der Waals surface area contributed by atoms with Crippen molar-refractivity contribution in [2.45, 2.75) is 50.8 Å². The molecule has 0 radical (unpaired) electrons. The van der Waals surface area contributed by atoms with Crippen LogP contribution >= 0.6 is 0 Å². The largest absolute Gasteiger partial charge is 0.423 e. The number of esters is 1. The molecule has 0 fully saturated rings. The third-order valence-electron chi connectivity index (χ3n) is 9.79. The second-order valence-corrected chi connectivity index (χ2v) is 16.7. The second-order valence-electron chi connectivity index (χ2n) is 15.0. The van der Waals surface area contributed by atoms with E-state index in [1.54, 1.807) is 48.5 Å². The molecule has 1 N–H and O–H groups in total. The molecule has 0 saturated heterocycles. The standard InChI is InChI=1S/C36H33NO5S.C13H10O4/c1-24(2)27-9-8-10-29(20-27)36(3,4)23-31(38)19-25-13-15-26(16-14-25)33-21-28-17-18-30(22-34(28)42-35(33)39)37-43(40,41)32-11-6-5-7-12-32;1-3-12(14)16-9-4-5-10-8(2)6-13(15)17-11(10)7-9/h5-18,20-22,37H,1,19,23H2,2-4H3;3-7H,1H2,2H3. The summed E-state index contributed by atoms with van der Waals surface area (Å²) in [5.41, 5.74) is 5.52. The van der Waals surface area contributed by atoms with Gasteiger partial charge in [0.05, 0.1) is 16.1 Å². The Kier molecular flexibility index (Phi) is 12.6. The van der Waals surface area contributed by atoms with Gasteiger partial charge in [0, 0.05) is 47.9 Å². The third-order valence-corrected chi connectivity index (χ3v) is 11.2. The average Bonchev–Trinajstić information content (AvgIpc) is 3.21. The summed E-state index contributed by atoms with van der Waals surface area (Å²) >= 11 is 0. The molecule has 7 rings (SSSR count). The van der Waals surface area contributed by atoms with Crippen LogP contribution in [0.2, 0.25) is 0 Å². The minimum Gasteiger partial charge on any atom is -0.423 e. The van der Waals surface area contributed by atoms with Crippen LogP contribution in [-0.4, -0.2) is 20.2 Å². The number of ketones is 1. The van der Waals surface area contributed by atoms with Crippen molar-refractivity contribution in [1.29, 1.82) is 0 Å². The average molecular weight is 822 g/mol.